The minimum absolute atomic E-state index is 0.350. The smallest absolute Gasteiger partial charge is 0.327 e. The molecule has 0 bridgehead atoms. The Morgan fingerprint density at radius 2 is 2.12 bits per heavy atom. The second-order valence-corrected chi connectivity index (χ2v) is 7.45. The molecule has 0 radical (unpaired) electrons. The van der Waals surface area contributed by atoms with Crippen LogP contribution in [0.5, 0.6) is 0 Å². The van der Waals surface area contributed by atoms with Crippen LogP contribution >= 0.6 is 0 Å². The summed E-state index contributed by atoms with van der Waals surface area (Å²) in [6.07, 6.45) is 0.663. The zero-order valence-corrected chi connectivity index (χ0v) is 13.0. The predicted molar refractivity (Wildman–Crippen MR) is 81.2 cm³/mol. The molecule has 0 saturated heterocycles. The van der Waals surface area contributed by atoms with E-state index in [0.717, 1.165) is 6.42 Å². The number of rotatable bonds is 2. The number of anilines is 1. The van der Waals surface area contributed by atoms with Crippen molar-refractivity contribution >= 4 is 11.6 Å². The van der Waals surface area contributed by atoms with Crippen molar-refractivity contribution in [2.24, 2.45) is 23.2 Å². The van der Waals surface area contributed by atoms with Crippen molar-refractivity contribution in [3.05, 3.63) is 39.8 Å². The first-order valence-corrected chi connectivity index (χ1v) is 7.99. The lowest BCUT2D eigenvalue weighted by atomic mass is 9.46. The number of halogens is 3. The summed E-state index contributed by atoms with van der Waals surface area (Å²) in [4.78, 5) is 26.5. The summed E-state index contributed by atoms with van der Waals surface area (Å²) in [5.41, 5.74) is -1.24. The lowest BCUT2D eigenvalue weighted by Gasteiger charge is -2.59. The van der Waals surface area contributed by atoms with Gasteiger partial charge in [0.15, 0.2) is 0 Å². The summed E-state index contributed by atoms with van der Waals surface area (Å²) >= 11 is 0. The molecule has 4 rings (SSSR count). The van der Waals surface area contributed by atoms with Crippen LogP contribution in [-0.2, 0) is 11.0 Å². The summed E-state index contributed by atoms with van der Waals surface area (Å²) in [6.45, 7) is 1.84. The Bertz CT molecular complexity index is 811. The van der Waals surface area contributed by atoms with E-state index >= 15 is 0 Å². The Labute approximate surface area is 136 Å². The molecule has 2 saturated carbocycles. The summed E-state index contributed by atoms with van der Waals surface area (Å²) in [5.74, 6) is 1.12. The van der Waals surface area contributed by atoms with Crippen LogP contribution in [0.25, 0.3) is 0 Å². The molecule has 4 nitrogen and oxygen atoms in total. The number of amides is 1. The monoisotopic (exact) mass is 338 g/mol. The predicted octanol–water partition coefficient (Wildman–Crippen LogP) is 3.32. The van der Waals surface area contributed by atoms with Crippen LogP contribution in [0, 0.1) is 23.2 Å². The van der Waals surface area contributed by atoms with Gasteiger partial charge in [-0.1, -0.05) is 18.6 Å². The Morgan fingerprint density at radius 3 is 2.75 bits per heavy atom. The highest BCUT2D eigenvalue weighted by Gasteiger charge is 2.56. The van der Waals surface area contributed by atoms with Gasteiger partial charge in [-0.25, -0.2) is 0 Å². The second kappa shape index (κ2) is 4.74. The molecular formula is C17H17F3N2O2. The van der Waals surface area contributed by atoms with E-state index in [1.807, 2.05) is 11.9 Å². The Balaban J connectivity index is 1.56. The highest BCUT2D eigenvalue weighted by atomic mass is 19.4. The molecule has 1 aromatic rings. The topological polar surface area (TPSA) is 62.0 Å². The Kier molecular flexibility index (Phi) is 3.06. The molecule has 3 aliphatic carbocycles. The van der Waals surface area contributed by atoms with Crippen LogP contribution in [0.1, 0.15) is 31.7 Å². The number of hydrogen-bond acceptors (Lipinski definition) is 2. The van der Waals surface area contributed by atoms with E-state index < -0.39 is 22.7 Å². The van der Waals surface area contributed by atoms with Crippen LogP contribution < -0.4 is 10.9 Å². The van der Waals surface area contributed by atoms with Crippen LogP contribution in [0.3, 0.4) is 0 Å². The second-order valence-electron chi connectivity index (χ2n) is 7.45. The van der Waals surface area contributed by atoms with Crippen molar-refractivity contribution in [1.29, 1.82) is 0 Å². The van der Waals surface area contributed by atoms with Crippen molar-refractivity contribution in [2.45, 2.75) is 32.4 Å². The lowest BCUT2D eigenvalue weighted by molar-refractivity contribution is -0.138. The Hall–Kier alpha value is -2.05. The largest absolute Gasteiger partial charge is 0.417 e. The van der Waals surface area contributed by atoms with E-state index in [0.29, 0.717) is 42.9 Å². The number of alkyl halides is 3. The van der Waals surface area contributed by atoms with Crippen LogP contribution in [0.4, 0.5) is 18.9 Å². The lowest BCUT2D eigenvalue weighted by Crippen LogP contribution is -2.53. The van der Waals surface area contributed by atoms with Crippen molar-refractivity contribution in [3.63, 3.8) is 0 Å². The number of allylic oxidation sites excluding steroid dienone is 2. The molecule has 0 aromatic carbocycles. The van der Waals surface area contributed by atoms with Gasteiger partial charge in [0.25, 0.3) is 5.56 Å². The van der Waals surface area contributed by atoms with Gasteiger partial charge in [-0.3, -0.25) is 9.59 Å². The van der Waals surface area contributed by atoms with E-state index in [4.69, 9.17) is 0 Å². The average molecular weight is 338 g/mol. The summed E-state index contributed by atoms with van der Waals surface area (Å²) < 4.78 is 38.4. The molecule has 1 amide bonds. The minimum Gasteiger partial charge on any atom is -0.327 e. The number of H-pyrrole nitrogens is 1. The standard InChI is InChI=1S/C17H17F3N2O2/c1-16(5-9-2-8-3-10(6-16)13(8)9)15(24)22-12-4-11(17(18,19)20)7-21-14(12)23/h2,4,7,9-10,13H,3,5-6H2,1H3,(H,21,23)(H,22,24). The van der Waals surface area contributed by atoms with E-state index in [1.165, 1.54) is 5.57 Å². The van der Waals surface area contributed by atoms with Crippen molar-refractivity contribution < 1.29 is 18.0 Å². The van der Waals surface area contributed by atoms with Gasteiger partial charge in [-0.05, 0) is 43.1 Å². The molecular weight excluding hydrogens is 321 g/mol. The maximum absolute atomic E-state index is 12.8. The van der Waals surface area contributed by atoms with Crippen molar-refractivity contribution in [2.75, 3.05) is 5.32 Å². The number of hydrogen-bond donors (Lipinski definition) is 2. The normalized spacial score (nSPS) is 33.7. The first kappa shape index (κ1) is 15.5. The number of aromatic nitrogens is 1. The van der Waals surface area contributed by atoms with E-state index in [-0.39, 0.29) is 11.6 Å². The highest BCUT2D eigenvalue weighted by molar-refractivity contribution is 5.95. The Morgan fingerprint density at radius 1 is 1.38 bits per heavy atom. The first-order chi connectivity index (χ1) is 11.2. The first-order valence-electron chi connectivity index (χ1n) is 7.99. The van der Waals surface area contributed by atoms with Crippen LogP contribution in [-0.4, -0.2) is 10.9 Å². The maximum atomic E-state index is 12.8. The van der Waals surface area contributed by atoms with E-state index in [2.05, 4.69) is 11.4 Å². The van der Waals surface area contributed by atoms with Crippen molar-refractivity contribution in [3.8, 4) is 0 Å². The molecule has 0 spiro atoms. The molecule has 0 aliphatic heterocycles. The number of carbonyl (C=O) groups is 1. The van der Waals surface area contributed by atoms with Gasteiger partial charge in [0.2, 0.25) is 5.91 Å². The van der Waals surface area contributed by atoms with E-state index in [9.17, 15) is 22.8 Å². The number of pyridine rings is 1. The fourth-order valence-corrected chi connectivity index (χ4v) is 4.54. The number of carbonyl (C=O) groups excluding carboxylic acids is 1. The molecule has 1 heterocycles. The fraction of sp³-hybridized carbons (Fsp3) is 0.529. The molecule has 128 valence electrons. The third kappa shape index (κ3) is 2.21. The number of nitrogens with one attached hydrogen (secondary N) is 2. The van der Waals surface area contributed by atoms with Gasteiger partial charge >= 0.3 is 6.18 Å². The summed E-state index contributed by atoms with van der Waals surface area (Å²) in [5, 5.41) is 2.43. The molecule has 1 aromatic heterocycles. The summed E-state index contributed by atoms with van der Waals surface area (Å²) in [7, 11) is 0. The molecule has 3 aliphatic rings. The zero-order valence-electron chi connectivity index (χ0n) is 13.0. The minimum atomic E-state index is -4.58. The fourth-order valence-electron chi connectivity index (χ4n) is 4.54. The molecule has 4 atom stereocenters. The van der Waals surface area contributed by atoms with Gasteiger partial charge in [0.1, 0.15) is 5.69 Å². The third-order valence-corrected chi connectivity index (χ3v) is 5.75. The zero-order chi connectivity index (χ0) is 17.3. The SMILES string of the molecule is CC1(C(=O)Nc2cc(C(F)(F)F)c[nH]c2=O)CC2C=C3CC(C1)C32. The average Bonchev–Trinajstić information content (AvgIpc) is 2.43. The summed E-state index contributed by atoms with van der Waals surface area (Å²) in [6, 6.07) is 0.691. The number of aromatic amines is 1. The highest BCUT2D eigenvalue weighted by Crippen LogP contribution is 2.63. The van der Waals surface area contributed by atoms with Gasteiger partial charge < -0.3 is 10.3 Å². The van der Waals surface area contributed by atoms with Gasteiger partial charge in [0, 0.05) is 11.6 Å². The maximum Gasteiger partial charge on any atom is 0.417 e. The van der Waals surface area contributed by atoms with E-state index in [1.54, 1.807) is 0 Å². The van der Waals surface area contributed by atoms with Gasteiger partial charge in [-0.2, -0.15) is 13.2 Å². The third-order valence-electron chi connectivity index (χ3n) is 5.75. The molecule has 4 unspecified atom stereocenters. The van der Waals surface area contributed by atoms with Gasteiger partial charge in [0.05, 0.1) is 5.56 Å². The molecule has 24 heavy (non-hydrogen) atoms. The van der Waals surface area contributed by atoms with Crippen LogP contribution in [0.2, 0.25) is 0 Å². The molecule has 2 fully saturated rings. The van der Waals surface area contributed by atoms with Crippen LogP contribution in [0.15, 0.2) is 28.7 Å². The quantitative estimate of drug-likeness (QED) is 0.813. The molecule has 7 heteroatoms. The molecule has 2 N–H and O–H groups in total. The van der Waals surface area contributed by atoms with Gasteiger partial charge in [-0.15, -0.1) is 0 Å². The van der Waals surface area contributed by atoms with Crippen molar-refractivity contribution in [1.82, 2.24) is 4.98 Å².